The Bertz CT molecular complexity index is 2350. The second-order valence-corrected chi connectivity index (χ2v) is 12.3. The average molecular weight is 620 g/mol. The van der Waals surface area contributed by atoms with Gasteiger partial charge in [0.2, 0.25) is 0 Å². The van der Waals surface area contributed by atoms with Crippen molar-refractivity contribution in [1.29, 1.82) is 0 Å². The number of hydrogen-bond acceptors (Lipinski definition) is 0. The minimum absolute atomic E-state index is 1.24. The molecule has 8 aromatic rings. The van der Waals surface area contributed by atoms with Gasteiger partial charge in [-0.25, -0.2) is 0 Å². The minimum atomic E-state index is 1.24. The number of para-hydroxylation sites is 1. The maximum absolute atomic E-state index is 2.48. The molecule has 7 aromatic carbocycles. The third-order valence-corrected chi connectivity index (χ3v) is 9.35. The molecule has 0 bridgehead atoms. The van der Waals surface area contributed by atoms with Crippen LogP contribution in [0.5, 0.6) is 0 Å². The minimum Gasteiger partial charge on any atom is -0.308 e. The van der Waals surface area contributed by atoms with Crippen LogP contribution in [0.3, 0.4) is 0 Å². The lowest BCUT2D eigenvalue weighted by molar-refractivity contribution is 1.19. The summed E-state index contributed by atoms with van der Waals surface area (Å²) in [4.78, 5) is 0. The van der Waals surface area contributed by atoms with Gasteiger partial charge in [-0.1, -0.05) is 141 Å². The van der Waals surface area contributed by atoms with E-state index in [9.17, 15) is 0 Å². The zero-order valence-electron chi connectivity index (χ0n) is 28.5. The highest BCUT2D eigenvalue weighted by molar-refractivity contribution is 6.16. The molecule has 0 amide bonds. The Balaban J connectivity index is 0.000000192. The molecule has 0 unspecified atom stereocenters. The molecule has 9 rings (SSSR count). The molecule has 0 N–H and O–H groups in total. The van der Waals surface area contributed by atoms with Crippen LogP contribution in [0.4, 0.5) is 0 Å². The molecular weight excluding hydrogens is 579 g/mol. The molecule has 0 aliphatic carbocycles. The topological polar surface area (TPSA) is 4.93 Å². The number of hydrogen-bond donors (Lipinski definition) is 0. The molecule has 0 saturated heterocycles. The quantitative estimate of drug-likeness (QED) is 0.181. The summed E-state index contributed by atoms with van der Waals surface area (Å²) in [7, 11) is 0. The summed E-state index contributed by atoms with van der Waals surface area (Å²) in [5.41, 5.74) is 18.1. The van der Waals surface area contributed by atoms with Crippen molar-refractivity contribution in [2.45, 2.75) is 34.6 Å². The van der Waals surface area contributed by atoms with Crippen LogP contribution in [0.1, 0.15) is 30.5 Å². The van der Waals surface area contributed by atoms with Gasteiger partial charge in [-0.3, -0.25) is 0 Å². The first-order valence-corrected chi connectivity index (χ1v) is 17.0. The van der Waals surface area contributed by atoms with E-state index in [1.54, 1.807) is 0 Å². The molecule has 0 saturated carbocycles. The van der Waals surface area contributed by atoms with E-state index in [1.807, 2.05) is 13.8 Å². The third-order valence-electron chi connectivity index (χ3n) is 9.35. The number of nitrogens with zero attached hydrogens (tertiary/aromatic N) is 1. The van der Waals surface area contributed by atoms with E-state index in [1.165, 1.54) is 88.7 Å². The standard InChI is InChI=1S/C31H21N.C14H14.C2H6/c1-20-17-27-24-12-6-5-11-23(24)26-19-22(21-9-3-2-4-10-21)15-16-30(26)32-29-14-8-7-13-25(29)28(18-20)31(27)32;1-11-7-3-5-9-13(11)14-10-6-4-8-12(14)2;1-2/h2-19H,1H3;3-10H,1-2H3;1-2H3. The summed E-state index contributed by atoms with van der Waals surface area (Å²) in [6.07, 6.45) is 0. The Morgan fingerprint density at radius 1 is 0.375 bits per heavy atom. The summed E-state index contributed by atoms with van der Waals surface area (Å²) >= 11 is 0. The van der Waals surface area contributed by atoms with Crippen molar-refractivity contribution in [1.82, 2.24) is 4.57 Å². The summed E-state index contributed by atoms with van der Waals surface area (Å²) in [6, 6.07) is 56.9. The first-order chi connectivity index (χ1) is 23.6. The van der Waals surface area contributed by atoms with Crippen LogP contribution in [0.15, 0.2) is 158 Å². The van der Waals surface area contributed by atoms with Crippen molar-refractivity contribution >= 4 is 21.8 Å². The summed E-state index contributed by atoms with van der Waals surface area (Å²) in [6.45, 7) is 10.5. The van der Waals surface area contributed by atoms with Crippen LogP contribution in [-0.2, 0) is 0 Å². The van der Waals surface area contributed by atoms with Crippen LogP contribution >= 0.6 is 0 Å². The van der Waals surface area contributed by atoms with Gasteiger partial charge < -0.3 is 4.57 Å². The SMILES string of the molecule is CC.Cc1cc2c3c(c1)c1ccccc1n3-c1ccc(-c3ccccc3)cc1-c1ccccc1-2.Cc1ccccc1-c1ccccc1C. The third kappa shape index (κ3) is 5.42. The fourth-order valence-electron chi connectivity index (χ4n) is 7.16. The van der Waals surface area contributed by atoms with E-state index in [2.05, 4.69) is 183 Å². The molecule has 48 heavy (non-hydrogen) atoms. The normalized spacial score (nSPS) is 11.0. The fraction of sp³-hybridized carbons (Fsp3) is 0.106. The number of rotatable bonds is 2. The fourth-order valence-corrected chi connectivity index (χ4v) is 7.16. The molecule has 0 fully saturated rings. The Morgan fingerprint density at radius 2 is 0.917 bits per heavy atom. The van der Waals surface area contributed by atoms with E-state index >= 15 is 0 Å². The molecule has 1 aliphatic rings. The average Bonchev–Trinajstić information content (AvgIpc) is 3.41. The molecule has 0 atom stereocenters. The van der Waals surface area contributed by atoms with E-state index in [-0.39, 0.29) is 0 Å². The maximum Gasteiger partial charge on any atom is 0.0620 e. The highest BCUT2D eigenvalue weighted by Crippen LogP contribution is 2.47. The molecule has 1 aromatic heterocycles. The monoisotopic (exact) mass is 619 g/mol. The highest BCUT2D eigenvalue weighted by Gasteiger charge is 2.24. The van der Waals surface area contributed by atoms with Crippen molar-refractivity contribution in [3.05, 3.63) is 174 Å². The summed E-state index contributed by atoms with van der Waals surface area (Å²) in [5, 5.41) is 2.63. The molecule has 0 radical (unpaired) electrons. The van der Waals surface area contributed by atoms with Crippen molar-refractivity contribution in [3.8, 4) is 50.2 Å². The van der Waals surface area contributed by atoms with Crippen molar-refractivity contribution in [2.24, 2.45) is 0 Å². The molecule has 234 valence electrons. The number of fused-ring (bicyclic) bond motifs is 8. The Kier molecular flexibility index (Phi) is 8.53. The number of aromatic nitrogens is 1. The van der Waals surface area contributed by atoms with Crippen LogP contribution < -0.4 is 0 Å². The number of aryl methyl sites for hydroxylation is 3. The lowest BCUT2D eigenvalue weighted by Crippen LogP contribution is -1.96. The zero-order chi connectivity index (χ0) is 33.2. The second kappa shape index (κ2) is 13.2. The molecule has 1 heteroatoms. The van der Waals surface area contributed by atoms with Crippen LogP contribution in [0.25, 0.3) is 72.0 Å². The van der Waals surface area contributed by atoms with Gasteiger partial charge in [0.1, 0.15) is 0 Å². The van der Waals surface area contributed by atoms with Crippen LogP contribution in [0.2, 0.25) is 0 Å². The predicted molar refractivity (Wildman–Crippen MR) is 208 cm³/mol. The predicted octanol–water partition coefficient (Wildman–Crippen LogP) is 13.4. The number of benzene rings is 7. The van der Waals surface area contributed by atoms with Gasteiger partial charge in [0.25, 0.3) is 0 Å². The Labute approximate surface area is 284 Å². The molecule has 2 heterocycles. The van der Waals surface area contributed by atoms with Crippen molar-refractivity contribution in [2.75, 3.05) is 0 Å². The molecule has 0 spiro atoms. The highest BCUT2D eigenvalue weighted by atomic mass is 15.0. The summed E-state index contributed by atoms with van der Waals surface area (Å²) in [5.74, 6) is 0. The van der Waals surface area contributed by atoms with Gasteiger partial charge >= 0.3 is 0 Å². The van der Waals surface area contributed by atoms with Gasteiger partial charge in [-0.05, 0) is 101 Å². The largest absolute Gasteiger partial charge is 0.308 e. The van der Waals surface area contributed by atoms with Gasteiger partial charge in [-0.15, -0.1) is 0 Å². The van der Waals surface area contributed by atoms with Gasteiger partial charge in [0.15, 0.2) is 0 Å². The molecule has 1 aliphatic heterocycles. The maximum atomic E-state index is 2.48. The summed E-state index contributed by atoms with van der Waals surface area (Å²) < 4.78 is 2.48. The smallest absolute Gasteiger partial charge is 0.0620 e. The molecule has 1 nitrogen and oxygen atoms in total. The lowest BCUT2D eigenvalue weighted by Gasteiger charge is -2.14. The second-order valence-electron chi connectivity index (χ2n) is 12.3. The van der Waals surface area contributed by atoms with Gasteiger partial charge in [0.05, 0.1) is 16.7 Å². The van der Waals surface area contributed by atoms with Crippen LogP contribution in [-0.4, -0.2) is 4.57 Å². The van der Waals surface area contributed by atoms with E-state index < -0.39 is 0 Å². The zero-order valence-corrected chi connectivity index (χ0v) is 28.5. The first kappa shape index (κ1) is 31.0. The van der Waals surface area contributed by atoms with E-state index in [0.29, 0.717) is 0 Å². The Hall–Kier alpha value is -5.66. The van der Waals surface area contributed by atoms with Crippen molar-refractivity contribution in [3.63, 3.8) is 0 Å². The van der Waals surface area contributed by atoms with E-state index in [0.717, 1.165) is 0 Å². The van der Waals surface area contributed by atoms with E-state index in [4.69, 9.17) is 0 Å². The van der Waals surface area contributed by atoms with Crippen LogP contribution in [0, 0.1) is 20.8 Å². The van der Waals surface area contributed by atoms with Gasteiger partial charge in [0, 0.05) is 21.9 Å². The lowest BCUT2D eigenvalue weighted by atomic mass is 9.91. The van der Waals surface area contributed by atoms with Gasteiger partial charge in [-0.2, -0.15) is 0 Å². The molecular formula is C47H41N. The Morgan fingerprint density at radius 3 is 1.56 bits per heavy atom. The van der Waals surface area contributed by atoms with Crippen molar-refractivity contribution < 1.29 is 0 Å². The first-order valence-electron chi connectivity index (χ1n) is 17.0.